The third-order valence-corrected chi connectivity index (χ3v) is 3.68. The highest BCUT2D eigenvalue weighted by Crippen LogP contribution is 2.11. The topological polar surface area (TPSA) is 148 Å². The zero-order chi connectivity index (χ0) is 22.0. The first-order valence-corrected chi connectivity index (χ1v) is 10.1. The minimum atomic E-state index is -0.448. The van der Waals surface area contributed by atoms with Gasteiger partial charge >= 0.3 is 17.9 Å². The van der Waals surface area contributed by atoms with Gasteiger partial charge in [-0.3, -0.25) is 9.59 Å². The van der Waals surface area contributed by atoms with E-state index >= 15 is 0 Å². The summed E-state index contributed by atoms with van der Waals surface area (Å²) in [4.78, 5) is 35.6. The van der Waals surface area contributed by atoms with Gasteiger partial charge in [0.25, 0.3) is 0 Å². The number of rotatable bonds is 16. The molecule has 0 aromatic carbocycles. The Labute approximate surface area is 176 Å². The number of hydrogen-bond acceptors (Lipinski definition) is 11. The molecule has 0 radical (unpaired) electrons. The molecule has 11 nitrogen and oxygen atoms in total. The first-order chi connectivity index (χ1) is 14.6. The zero-order valence-electron chi connectivity index (χ0n) is 17.6. The molecule has 30 heavy (non-hydrogen) atoms. The van der Waals surface area contributed by atoms with Gasteiger partial charge in [-0.25, -0.2) is 0 Å². The second-order valence-electron chi connectivity index (χ2n) is 6.27. The van der Waals surface area contributed by atoms with Gasteiger partial charge in [-0.2, -0.15) is 20.2 Å². The van der Waals surface area contributed by atoms with Gasteiger partial charge in [0.1, 0.15) is 19.2 Å². The van der Waals surface area contributed by atoms with Crippen LogP contribution in [0.25, 0.3) is 0 Å². The van der Waals surface area contributed by atoms with Gasteiger partial charge in [0.15, 0.2) is 6.61 Å². The van der Waals surface area contributed by atoms with E-state index in [4.69, 9.17) is 19.5 Å². The highest BCUT2D eigenvalue weighted by atomic mass is 16.5. The number of hydrogen-bond donors (Lipinski definition) is 2. The number of nitrogens with zero attached hydrogens (tertiary/aromatic N) is 4. The maximum Gasteiger partial charge on any atom is 0.325 e. The molecule has 1 rings (SSSR count). The van der Waals surface area contributed by atoms with Gasteiger partial charge in [0.05, 0.1) is 13.2 Å². The van der Waals surface area contributed by atoms with Gasteiger partial charge in [0.2, 0.25) is 11.9 Å². The van der Waals surface area contributed by atoms with Crippen molar-refractivity contribution in [2.75, 3.05) is 43.5 Å². The zero-order valence-corrected chi connectivity index (χ0v) is 17.6. The lowest BCUT2D eigenvalue weighted by Gasteiger charge is -2.10. The number of nitriles is 1. The number of carbonyl (C=O) groups is 2. The molecular weight excluding hydrogens is 392 g/mol. The number of esters is 2. The summed E-state index contributed by atoms with van der Waals surface area (Å²) in [7, 11) is 0. The molecule has 0 saturated carbocycles. The SMILES string of the molecule is CCCCCOC(=O)CNc1nc(NCC(=O)OCCCCC)nc(OCC#N)n1. The predicted octanol–water partition coefficient (Wildman–Crippen LogP) is 2.06. The van der Waals surface area contributed by atoms with Crippen molar-refractivity contribution in [3.8, 4) is 12.1 Å². The molecule has 0 aliphatic rings. The normalized spacial score (nSPS) is 10.0. The van der Waals surface area contributed by atoms with E-state index < -0.39 is 11.9 Å². The first-order valence-electron chi connectivity index (χ1n) is 10.1. The molecular formula is C19H30N6O5. The second kappa shape index (κ2) is 15.7. The third-order valence-electron chi connectivity index (χ3n) is 3.68. The number of aromatic nitrogens is 3. The van der Waals surface area contributed by atoms with Crippen molar-refractivity contribution in [3.05, 3.63) is 0 Å². The molecule has 0 unspecified atom stereocenters. The molecule has 0 fully saturated rings. The Morgan fingerprint density at radius 2 is 1.37 bits per heavy atom. The Bertz CT molecular complexity index is 648. The van der Waals surface area contributed by atoms with Gasteiger partial charge in [-0.15, -0.1) is 0 Å². The van der Waals surface area contributed by atoms with Crippen molar-refractivity contribution in [1.29, 1.82) is 5.26 Å². The molecule has 0 aliphatic carbocycles. The van der Waals surface area contributed by atoms with Crippen LogP contribution in [0.3, 0.4) is 0 Å². The summed E-state index contributed by atoms with van der Waals surface area (Å²) in [5.74, 6) is -0.808. The summed E-state index contributed by atoms with van der Waals surface area (Å²) in [5.41, 5.74) is 0. The van der Waals surface area contributed by atoms with Gasteiger partial charge in [0, 0.05) is 0 Å². The maximum absolute atomic E-state index is 11.8. The molecule has 2 N–H and O–H groups in total. The minimum absolute atomic E-state index is 0.0438. The number of unbranched alkanes of at least 4 members (excludes halogenated alkanes) is 4. The molecule has 0 aliphatic heterocycles. The Hall–Kier alpha value is -3.16. The van der Waals surface area contributed by atoms with Crippen LogP contribution in [-0.4, -0.2) is 59.8 Å². The van der Waals surface area contributed by atoms with E-state index in [0.717, 1.165) is 38.5 Å². The summed E-state index contributed by atoms with van der Waals surface area (Å²) in [6.45, 7) is 4.29. The Morgan fingerprint density at radius 3 is 1.80 bits per heavy atom. The average molecular weight is 422 g/mol. The molecule has 0 atom stereocenters. The fourth-order valence-electron chi connectivity index (χ4n) is 2.16. The van der Waals surface area contributed by atoms with Crippen LogP contribution < -0.4 is 15.4 Å². The molecule has 1 aromatic rings. The first kappa shape index (κ1) is 24.9. The minimum Gasteiger partial charge on any atom is -0.464 e. The fourth-order valence-corrected chi connectivity index (χ4v) is 2.16. The van der Waals surface area contributed by atoms with E-state index in [2.05, 4.69) is 39.4 Å². The van der Waals surface area contributed by atoms with E-state index in [1.165, 1.54) is 0 Å². The summed E-state index contributed by atoms with van der Waals surface area (Å²) < 4.78 is 15.3. The molecule has 0 saturated heterocycles. The quantitative estimate of drug-likeness (QED) is 0.298. The van der Waals surface area contributed by atoms with Crippen molar-refractivity contribution < 1.29 is 23.8 Å². The largest absolute Gasteiger partial charge is 0.464 e. The maximum atomic E-state index is 11.8. The Morgan fingerprint density at radius 1 is 0.867 bits per heavy atom. The molecule has 11 heteroatoms. The predicted molar refractivity (Wildman–Crippen MR) is 109 cm³/mol. The van der Waals surface area contributed by atoms with Crippen molar-refractivity contribution in [3.63, 3.8) is 0 Å². The van der Waals surface area contributed by atoms with Crippen LogP contribution in [0.2, 0.25) is 0 Å². The number of ether oxygens (including phenoxy) is 3. The highest BCUT2D eigenvalue weighted by molar-refractivity contribution is 5.75. The Balaban J connectivity index is 2.59. The van der Waals surface area contributed by atoms with Gasteiger partial charge in [-0.1, -0.05) is 39.5 Å². The van der Waals surface area contributed by atoms with Crippen LogP contribution in [0.5, 0.6) is 6.01 Å². The lowest BCUT2D eigenvalue weighted by molar-refractivity contribution is -0.142. The molecule has 0 amide bonds. The molecule has 0 bridgehead atoms. The standard InChI is InChI=1S/C19H30N6O5/c1-3-5-7-10-28-15(26)13-21-17-23-18(25-19(24-17)30-12-9-20)22-14-16(27)29-11-8-6-4-2/h3-8,10-14H2,1-2H3,(H2,21,22,23,24,25). The summed E-state index contributed by atoms with van der Waals surface area (Å²) in [6.07, 6.45) is 5.67. The van der Waals surface area contributed by atoms with Gasteiger partial charge in [-0.05, 0) is 12.8 Å². The second-order valence-corrected chi connectivity index (χ2v) is 6.27. The molecule has 1 aromatic heterocycles. The van der Waals surface area contributed by atoms with Crippen LogP contribution in [-0.2, 0) is 19.1 Å². The van der Waals surface area contributed by atoms with Crippen molar-refractivity contribution in [2.24, 2.45) is 0 Å². The lowest BCUT2D eigenvalue weighted by atomic mass is 10.3. The van der Waals surface area contributed by atoms with E-state index in [9.17, 15) is 9.59 Å². The molecule has 1 heterocycles. The number of anilines is 2. The average Bonchev–Trinajstić information content (AvgIpc) is 2.75. The van der Waals surface area contributed by atoms with Crippen LogP contribution in [0.15, 0.2) is 0 Å². The van der Waals surface area contributed by atoms with E-state index in [-0.39, 0.29) is 37.6 Å². The van der Waals surface area contributed by atoms with Gasteiger partial charge < -0.3 is 24.8 Å². The molecule has 166 valence electrons. The lowest BCUT2D eigenvalue weighted by Crippen LogP contribution is -2.21. The summed E-state index contributed by atoms with van der Waals surface area (Å²) in [5, 5.41) is 14.1. The smallest absolute Gasteiger partial charge is 0.325 e. The van der Waals surface area contributed by atoms with Crippen molar-refractivity contribution in [2.45, 2.75) is 52.4 Å². The summed E-state index contributed by atoms with van der Waals surface area (Å²) >= 11 is 0. The Kier molecular flexibility index (Phi) is 13.0. The van der Waals surface area contributed by atoms with E-state index in [1.807, 2.05) is 6.07 Å². The number of nitrogens with one attached hydrogen (secondary N) is 2. The molecule has 0 spiro atoms. The van der Waals surface area contributed by atoms with Crippen LogP contribution in [0.1, 0.15) is 52.4 Å². The van der Waals surface area contributed by atoms with Crippen molar-refractivity contribution in [1.82, 2.24) is 15.0 Å². The van der Waals surface area contributed by atoms with Crippen LogP contribution in [0.4, 0.5) is 11.9 Å². The summed E-state index contributed by atoms with van der Waals surface area (Å²) in [6, 6.07) is 1.69. The number of carbonyl (C=O) groups excluding carboxylic acids is 2. The monoisotopic (exact) mass is 422 g/mol. The third kappa shape index (κ3) is 11.6. The fraction of sp³-hybridized carbons (Fsp3) is 0.684. The van der Waals surface area contributed by atoms with Crippen LogP contribution in [0, 0.1) is 11.3 Å². The van der Waals surface area contributed by atoms with E-state index in [1.54, 1.807) is 0 Å². The van der Waals surface area contributed by atoms with Crippen LogP contribution >= 0.6 is 0 Å². The van der Waals surface area contributed by atoms with E-state index in [0.29, 0.717) is 13.2 Å². The van der Waals surface area contributed by atoms with Crippen molar-refractivity contribution >= 4 is 23.8 Å². The highest BCUT2D eigenvalue weighted by Gasteiger charge is 2.11.